The largest absolute Gasteiger partial charge is 0.480 e. The van der Waals surface area contributed by atoms with Gasteiger partial charge in [0.05, 0.1) is 28.3 Å². The van der Waals surface area contributed by atoms with Gasteiger partial charge in [-0.15, -0.1) is 0 Å². The number of alkyl halides is 3. The Kier molecular flexibility index (Phi) is 5.59. The van der Waals surface area contributed by atoms with Gasteiger partial charge >= 0.3 is 6.18 Å². The summed E-state index contributed by atoms with van der Waals surface area (Å²) in [5, 5.41) is 13.0. The highest BCUT2D eigenvalue weighted by atomic mass is 19.4. The van der Waals surface area contributed by atoms with E-state index in [1.165, 1.54) is 31.3 Å². The number of benzene rings is 2. The highest BCUT2D eigenvalue weighted by Gasteiger charge is 2.31. The molecule has 5 rings (SSSR count). The fraction of sp³-hybridized carbons (Fsp3) is 0.259. The molecule has 38 heavy (non-hydrogen) atoms. The number of amides is 2. The minimum Gasteiger partial charge on any atom is -0.480 e. The third-order valence-corrected chi connectivity index (χ3v) is 6.28. The Bertz CT molecular complexity index is 1630. The van der Waals surface area contributed by atoms with Gasteiger partial charge in [0.25, 0.3) is 11.8 Å². The maximum absolute atomic E-state index is 13.3. The molecule has 3 N–H and O–H groups in total. The van der Waals surface area contributed by atoms with E-state index in [1.807, 2.05) is 0 Å². The first-order valence-corrected chi connectivity index (χ1v) is 11.7. The van der Waals surface area contributed by atoms with Crippen molar-refractivity contribution in [2.45, 2.75) is 38.0 Å². The molecule has 196 valence electrons. The van der Waals surface area contributed by atoms with Gasteiger partial charge in [0, 0.05) is 23.2 Å². The number of aromatic nitrogens is 3. The van der Waals surface area contributed by atoms with Crippen LogP contribution in [0, 0.1) is 0 Å². The van der Waals surface area contributed by atoms with Gasteiger partial charge in [0.1, 0.15) is 5.56 Å². The molecular formula is C27H24F3N5O3. The van der Waals surface area contributed by atoms with Crippen molar-refractivity contribution in [3.05, 3.63) is 77.1 Å². The zero-order chi connectivity index (χ0) is 29.5. The maximum Gasteiger partial charge on any atom is 0.416 e. The number of nitrogens with one attached hydrogen (secondary N) is 3. The summed E-state index contributed by atoms with van der Waals surface area (Å²) in [7, 11) is -2.91. The molecule has 8 nitrogen and oxygen atoms in total. The summed E-state index contributed by atoms with van der Waals surface area (Å²) in [6.45, 7) is 1.50. The molecule has 2 aromatic carbocycles. The van der Waals surface area contributed by atoms with Crippen LogP contribution in [0.4, 0.5) is 13.2 Å². The minimum atomic E-state index is -4.56. The number of pyridine rings is 1. The second-order valence-corrected chi connectivity index (χ2v) is 9.08. The van der Waals surface area contributed by atoms with Crippen LogP contribution < -0.4 is 15.4 Å². The lowest BCUT2D eigenvalue weighted by Crippen LogP contribution is -2.27. The molecule has 0 spiro atoms. The second-order valence-electron chi connectivity index (χ2n) is 9.08. The molecule has 2 aromatic heterocycles. The highest BCUT2D eigenvalue weighted by molar-refractivity contribution is 6.05. The monoisotopic (exact) mass is 526 g/mol. The number of halogens is 3. The third kappa shape index (κ3) is 5.17. The quantitative estimate of drug-likeness (QED) is 0.313. The molecule has 4 aromatic rings. The summed E-state index contributed by atoms with van der Waals surface area (Å²) in [5.41, 5.74) is 0.891. The summed E-state index contributed by atoms with van der Waals surface area (Å²) >= 11 is 0. The fourth-order valence-corrected chi connectivity index (χ4v) is 4.05. The fourth-order valence-electron chi connectivity index (χ4n) is 4.05. The Labute approximate surface area is 219 Å². The number of carbonyl (C=O) groups excluding carboxylic acids is 2. The van der Waals surface area contributed by atoms with Crippen molar-refractivity contribution in [1.29, 1.82) is 0 Å². The topological polar surface area (TPSA) is 109 Å². The predicted octanol–water partition coefficient (Wildman–Crippen LogP) is 5.04. The van der Waals surface area contributed by atoms with Crippen molar-refractivity contribution in [3.63, 3.8) is 0 Å². The zero-order valence-electron chi connectivity index (χ0n) is 23.0. The van der Waals surface area contributed by atoms with Crippen LogP contribution in [0.25, 0.3) is 22.0 Å². The smallest absolute Gasteiger partial charge is 0.416 e. The lowest BCUT2D eigenvalue weighted by molar-refractivity contribution is -0.137. The third-order valence-electron chi connectivity index (χ3n) is 6.28. The first-order valence-electron chi connectivity index (χ1n) is 13.2. The van der Waals surface area contributed by atoms with Crippen molar-refractivity contribution < 1.29 is 31.6 Å². The van der Waals surface area contributed by atoms with Gasteiger partial charge in [-0.25, -0.2) is 4.98 Å². The van der Waals surface area contributed by atoms with E-state index in [-0.39, 0.29) is 28.8 Å². The van der Waals surface area contributed by atoms with E-state index in [2.05, 4.69) is 25.8 Å². The van der Waals surface area contributed by atoms with E-state index in [1.54, 1.807) is 18.2 Å². The van der Waals surface area contributed by atoms with Crippen LogP contribution in [0.2, 0.25) is 0 Å². The van der Waals surface area contributed by atoms with Gasteiger partial charge in [-0.05, 0) is 61.2 Å². The normalized spacial score (nSPS) is 15.7. The number of methoxy groups -OCH3 is 1. The second kappa shape index (κ2) is 9.81. The first-order chi connectivity index (χ1) is 19.3. The average molecular weight is 527 g/mol. The molecule has 0 bridgehead atoms. The molecule has 1 saturated carbocycles. The van der Waals surface area contributed by atoms with Gasteiger partial charge in [0.15, 0.2) is 5.69 Å². The molecule has 1 fully saturated rings. The molecule has 1 aliphatic rings. The first kappa shape index (κ1) is 21.7. The zero-order valence-corrected chi connectivity index (χ0v) is 20.0. The van der Waals surface area contributed by atoms with Crippen molar-refractivity contribution in [1.82, 2.24) is 25.8 Å². The molecule has 0 aliphatic heterocycles. The van der Waals surface area contributed by atoms with Crippen molar-refractivity contribution >= 4 is 22.7 Å². The van der Waals surface area contributed by atoms with E-state index in [0.29, 0.717) is 22.0 Å². The lowest BCUT2D eigenvalue weighted by atomic mass is 10.0. The summed E-state index contributed by atoms with van der Waals surface area (Å²) in [4.78, 5) is 29.8. The van der Waals surface area contributed by atoms with Gasteiger partial charge in [0.2, 0.25) is 5.88 Å². The van der Waals surface area contributed by atoms with Crippen molar-refractivity contribution in [2.75, 3.05) is 7.04 Å². The van der Waals surface area contributed by atoms with Crippen LogP contribution in [-0.4, -0.2) is 40.1 Å². The number of ether oxygens (including phenoxy) is 1. The highest BCUT2D eigenvalue weighted by Crippen LogP contribution is 2.32. The standard InChI is InChI=1S/C27H24F3N5O3/c1-14(15-4-3-5-18(10-15)27(28,29)30)32-24(36)21-11-17(13-31-26(21)38-2)16-6-9-20-22(12-16)34-35-23(20)25(37)33-19-7-8-19/h3-6,9-14,19H,7-8H2,1-2H3,(H,32,36)(H,33,37)(H,34,35)/t14-/m1/s1/i2D3. The number of carbonyl (C=O) groups is 2. The Balaban J connectivity index is 1.44. The van der Waals surface area contributed by atoms with E-state index < -0.39 is 36.6 Å². The van der Waals surface area contributed by atoms with Crippen LogP contribution in [0.5, 0.6) is 5.88 Å². The summed E-state index contributed by atoms with van der Waals surface area (Å²) in [6, 6.07) is 10.3. The number of fused-ring (bicyclic) bond motifs is 1. The molecule has 0 unspecified atom stereocenters. The molecule has 1 aliphatic carbocycles. The van der Waals surface area contributed by atoms with Crippen LogP contribution >= 0.6 is 0 Å². The van der Waals surface area contributed by atoms with Crippen LogP contribution in [-0.2, 0) is 6.18 Å². The predicted molar refractivity (Wildman–Crippen MR) is 134 cm³/mol. The van der Waals surface area contributed by atoms with E-state index in [9.17, 15) is 22.8 Å². The van der Waals surface area contributed by atoms with E-state index in [4.69, 9.17) is 8.85 Å². The van der Waals surface area contributed by atoms with Crippen LogP contribution in [0.15, 0.2) is 54.7 Å². The molecule has 0 saturated heterocycles. The van der Waals surface area contributed by atoms with Gasteiger partial charge in [-0.3, -0.25) is 14.7 Å². The number of H-pyrrole nitrogens is 1. The van der Waals surface area contributed by atoms with E-state index >= 15 is 0 Å². The molecule has 0 radical (unpaired) electrons. The van der Waals surface area contributed by atoms with Crippen molar-refractivity contribution in [2.24, 2.45) is 0 Å². The van der Waals surface area contributed by atoms with Gasteiger partial charge < -0.3 is 15.4 Å². The number of hydrogen-bond donors (Lipinski definition) is 3. The Morgan fingerprint density at radius 2 is 1.95 bits per heavy atom. The number of hydrogen-bond acceptors (Lipinski definition) is 5. The summed E-state index contributed by atoms with van der Waals surface area (Å²) < 4.78 is 66.8. The summed E-state index contributed by atoms with van der Waals surface area (Å²) in [6.07, 6.45) is -1.37. The molecule has 2 heterocycles. The Morgan fingerprint density at radius 3 is 2.68 bits per heavy atom. The average Bonchev–Trinajstić information content (AvgIpc) is 3.61. The Hall–Kier alpha value is -4.41. The van der Waals surface area contributed by atoms with Gasteiger partial charge in [-0.2, -0.15) is 18.3 Å². The molecular weight excluding hydrogens is 499 g/mol. The van der Waals surface area contributed by atoms with Gasteiger partial charge in [-0.1, -0.05) is 18.2 Å². The lowest BCUT2D eigenvalue weighted by Gasteiger charge is -2.17. The maximum atomic E-state index is 13.3. The Morgan fingerprint density at radius 1 is 1.13 bits per heavy atom. The van der Waals surface area contributed by atoms with Crippen LogP contribution in [0.3, 0.4) is 0 Å². The molecule has 11 heteroatoms. The number of nitrogens with zero attached hydrogens (tertiary/aromatic N) is 2. The van der Waals surface area contributed by atoms with Crippen LogP contribution in [0.1, 0.15) is 61.9 Å². The molecule has 2 amide bonds. The summed E-state index contributed by atoms with van der Waals surface area (Å²) in [5.74, 6) is -1.55. The SMILES string of the molecule is [2H]C([2H])([2H])Oc1ncc(-c2ccc3c(C(=O)NC4CC4)n[nH]c3c2)cc1C(=O)N[C@H](C)c1cccc(C(F)(F)F)c1. The van der Waals surface area contributed by atoms with Crippen molar-refractivity contribution in [3.8, 4) is 17.0 Å². The number of aromatic amines is 1. The molecule has 1 atom stereocenters. The number of rotatable bonds is 7. The van der Waals surface area contributed by atoms with E-state index in [0.717, 1.165) is 25.0 Å². The minimum absolute atomic E-state index is 0.163.